The summed E-state index contributed by atoms with van der Waals surface area (Å²) in [6, 6.07) is 6.37. The second-order valence-electron chi connectivity index (χ2n) is 5.01. The van der Waals surface area contributed by atoms with Crippen LogP contribution in [0.5, 0.6) is 11.5 Å². The quantitative estimate of drug-likeness (QED) is 0.634. The third kappa shape index (κ3) is 3.56. The molecule has 0 bridgehead atoms. The van der Waals surface area contributed by atoms with Gasteiger partial charge in [0.05, 0.1) is 14.2 Å². The summed E-state index contributed by atoms with van der Waals surface area (Å²) < 4.78 is 10.6. The van der Waals surface area contributed by atoms with Gasteiger partial charge in [0.1, 0.15) is 11.5 Å². The molecular formula is C15H23N3O2. The van der Waals surface area contributed by atoms with Crippen LogP contribution in [0.15, 0.2) is 23.2 Å². The van der Waals surface area contributed by atoms with Gasteiger partial charge in [-0.25, -0.2) is 0 Å². The first-order valence-corrected chi connectivity index (χ1v) is 6.89. The van der Waals surface area contributed by atoms with E-state index in [9.17, 15) is 0 Å². The van der Waals surface area contributed by atoms with Crippen molar-refractivity contribution in [2.24, 2.45) is 10.7 Å². The zero-order valence-electron chi connectivity index (χ0n) is 12.4. The lowest BCUT2D eigenvalue weighted by atomic mass is 10.1. The third-order valence-electron chi connectivity index (χ3n) is 3.60. The van der Waals surface area contributed by atoms with Gasteiger partial charge in [0.15, 0.2) is 5.96 Å². The molecule has 0 radical (unpaired) electrons. The Balaban J connectivity index is 1.97. The van der Waals surface area contributed by atoms with Crippen molar-refractivity contribution in [2.45, 2.75) is 25.3 Å². The fourth-order valence-electron chi connectivity index (χ4n) is 2.13. The monoisotopic (exact) mass is 277 g/mol. The highest BCUT2D eigenvalue weighted by atomic mass is 16.5. The molecule has 0 unspecified atom stereocenters. The minimum absolute atomic E-state index is 0.588. The van der Waals surface area contributed by atoms with Gasteiger partial charge in [-0.3, -0.25) is 4.99 Å². The van der Waals surface area contributed by atoms with Crippen molar-refractivity contribution in [3.05, 3.63) is 23.8 Å². The van der Waals surface area contributed by atoms with E-state index in [1.54, 1.807) is 14.2 Å². The average Bonchev–Trinajstić information content (AvgIpc) is 3.30. The second-order valence-corrected chi connectivity index (χ2v) is 5.01. The molecule has 0 spiro atoms. The summed E-state index contributed by atoms with van der Waals surface area (Å²) in [6.45, 7) is 0.645. The van der Waals surface area contributed by atoms with Crippen LogP contribution < -0.4 is 15.2 Å². The van der Waals surface area contributed by atoms with E-state index in [2.05, 4.69) is 9.89 Å². The highest BCUT2D eigenvalue weighted by molar-refractivity contribution is 5.78. The Labute approximate surface area is 120 Å². The van der Waals surface area contributed by atoms with Gasteiger partial charge in [0.2, 0.25) is 0 Å². The van der Waals surface area contributed by atoms with Gasteiger partial charge in [0.25, 0.3) is 0 Å². The Kier molecular flexibility index (Phi) is 4.71. The van der Waals surface area contributed by atoms with Crippen molar-refractivity contribution < 1.29 is 9.47 Å². The van der Waals surface area contributed by atoms with Gasteiger partial charge in [-0.15, -0.1) is 0 Å². The number of methoxy groups -OCH3 is 2. The van der Waals surface area contributed by atoms with Crippen molar-refractivity contribution in [2.75, 3.05) is 27.8 Å². The van der Waals surface area contributed by atoms with Crippen LogP contribution in [0.2, 0.25) is 0 Å². The van der Waals surface area contributed by atoms with Crippen LogP contribution in [0.4, 0.5) is 0 Å². The minimum Gasteiger partial charge on any atom is -0.497 e. The summed E-state index contributed by atoms with van der Waals surface area (Å²) >= 11 is 0. The lowest BCUT2D eigenvalue weighted by molar-refractivity contribution is 0.399. The van der Waals surface area contributed by atoms with E-state index in [1.165, 1.54) is 12.8 Å². The van der Waals surface area contributed by atoms with E-state index in [-0.39, 0.29) is 0 Å². The summed E-state index contributed by atoms with van der Waals surface area (Å²) in [7, 11) is 5.33. The zero-order chi connectivity index (χ0) is 14.5. The topological polar surface area (TPSA) is 60.1 Å². The Hall–Kier alpha value is -1.91. The lowest BCUT2D eigenvalue weighted by Crippen LogP contribution is -2.35. The molecule has 5 heteroatoms. The molecule has 0 saturated heterocycles. The van der Waals surface area contributed by atoms with Crippen LogP contribution in [-0.2, 0) is 6.42 Å². The molecule has 1 aromatic carbocycles. The van der Waals surface area contributed by atoms with Gasteiger partial charge in [-0.05, 0) is 43.0 Å². The van der Waals surface area contributed by atoms with Gasteiger partial charge in [-0.2, -0.15) is 0 Å². The normalized spacial score (nSPS) is 15.1. The largest absolute Gasteiger partial charge is 0.497 e. The van der Waals surface area contributed by atoms with Crippen molar-refractivity contribution in [3.8, 4) is 11.5 Å². The molecule has 1 aliphatic carbocycles. The molecular weight excluding hydrogens is 254 g/mol. The number of guanidine groups is 1. The molecule has 0 atom stereocenters. The minimum atomic E-state index is 0.588. The summed E-state index contributed by atoms with van der Waals surface area (Å²) in [4.78, 5) is 6.49. The van der Waals surface area contributed by atoms with Crippen LogP contribution >= 0.6 is 0 Å². The summed E-state index contributed by atoms with van der Waals surface area (Å²) in [6.07, 6.45) is 3.21. The second kappa shape index (κ2) is 6.50. The summed E-state index contributed by atoms with van der Waals surface area (Å²) in [5.74, 6) is 2.30. The SMILES string of the molecule is COc1ccc(OC)c(CCN=C(N)N(C)C2CC2)c1. The first-order chi connectivity index (χ1) is 9.65. The van der Waals surface area contributed by atoms with Crippen LogP contribution in [0.25, 0.3) is 0 Å². The number of hydrogen-bond donors (Lipinski definition) is 1. The number of ether oxygens (including phenoxy) is 2. The maximum atomic E-state index is 5.97. The van der Waals surface area contributed by atoms with E-state index in [1.807, 2.05) is 25.2 Å². The van der Waals surface area contributed by atoms with E-state index in [4.69, 9.17) is 15.2 Å². The number of benzene rings is 1. The van der Waals surface area contributed by atoms with Gasteiger partial charge < -0.3 is 20.1 Å². The fraction of sp³-hybridized carbons (Fsp3) is 0.533. The summed E-state index contributed by atoms with van der Waals surface area (Å²) in [5.41, 5.74) is 7.05. The Morgan fingerprint density at radius 2 is 2.10 bits per heavy atom. The fourth-order valence-corrected chi connectivity index (χ4v) is 2.13. The molecule has 1 aliphatic rings. The molecule has 2 rings (SSSR count). The number of nitrogens with zero attached hydrogens (tertiary/aromatic N) is 2. The molecule has 2 N–H and O–H groups in total. The van der Waals surface area contributed by atoms with Crippen LogP contribution in [0, 0.1) is 0 Å². The number of hydrogen-bond acceptors (Lipinski definition) is 3. The summed E-state index contributed by atoms with van der Waals surface area (Å²) in [5, 5.41) is 0. The molecule has 5 nitrogen and oxygen atoms in total. The Bertz CT molecular complexity index is 484. The van der Waals surface area contributed by atoms with Crippen molar-refractivity contribution in [1.82, 2.24) is 4.90 Å². The van der Waals surface area contributed by atoms with E-state index in [0.29, 0.717) is 18.5 Å². The van der Waals surface area contributed by atoms with Crippen LogP contribution in [0.1, 0.15) is 18.4 Å². The van der Waals surface area contributed by atoms with E-state index >= 15 is 0 Å². The van der Waals surface area contributed by atoms with Crippen molar-refractivity contribution in [3.63, 3.8) is 0 Å². The first-order valence-electron chi connectivity index (χ1n) is 6.89. The van der Waals surface area contributed by atoms with Gasteiger partial charge >= 0.3 is 0 Å². The molecule has 1 fully saturated rings. The zero-order valence-corrected chi connectivity index (χ0v) is 12.4. The smallest absolute Gasteiger partial charge is 0.191 e. The number of rotatable bonds is 6. The molecule has 0 heterocycles. The molecule has 1 aromatic rings. The molecule has 0 amide bonds. The molecule has 0 aliphatic heterocycles. The van der Waals surface area contributed by atoms with Crippen LogP contribution in [0.3, 0.4) is 0 Å². The molecule has 1 saturated carbocycles. The number of nitrogens with two attached hydrogens (primary N) is 1. The van der Waals surface area contributed by atoms with E-state index < -0.39 is 0 Å². The third-order valence-corrected chi connectivity index (χ3v) is 3.60. The van der Waals surface area contributed by atoms with Gasteiger partial charge in [0, 0.05) is 19.6 Å². The Morgan fingerprint density at radius 1 is 1.35 bits per heavy atom. The first kappa shape index (κ1) is 14.5. The lowest BCUT2D eigenvalue weighted by Gasteiger charge is -2.17. The average molecular weight is 277 g/mol. The van der Waals surface area contributed by atoms with E-state index in [0.717, 1.165) is 23.5 Å². The van der Waals surface area contributed by atoms with Crippen molar-refractivity contribution in [1.29, 1.82) is 0 Å². The highest BCUT2D eigenvalue weighted by Gasteiger charge is 2.27. The maximum absolute atomic E-state index is 5.97. The highest BCUT2D eigenvalue weighted by Crippen LogP contribution is 2.25. The Morgan fingerprint density at radius 3 is 2.70 bits per heavy atom. The van der Waals surface area contributed by atoms with Crippen molar-refractivity contribution >= 4 is 5.96 Å². The molecule has 110 valence electrons. The predicted octanol–water partition coefficient (Wildman–Crippen LogP) is 1.66. The molecule has 20 heavy (non-hydrogen) atoms. The van der Waals surface area contributed by atoms with Gasteiger partial charge in [-0.1, -0.05) is 0 Å². The molecule has 0 aromatic heterocycles. The predicted molar refractivity (Wildman–Crippen MR) is 80.5 cm³/mol. The number of aliphatic imine (C=N–C) groups is 1. The maximum Gasteiger partial charge on any atom is 0.191 e. The standard InChI is InChI=1S/C15H23N3O2/c1-18(12-4-5-12)15(16)17-9-8-11-10-13(19-2)6-7-14(11)20-3/h6-7,10,12H,4-5,8-9H2,1-3H3,(H2,16,17). The van der Waals surface area contributed by atoms with Crippen LogP contribution in [-0.4, -0.2) is 44.7 Å².